The van der Waals surface area contributed by atoms with Crippen molar-refractivity contribution in [3.05, 3.63) is 46.2 Å². The maximum absolute atomic E-state index is 12.4. The molecule has 1 N–H and O–H groups in total. The number of ether oxygens (including phenoxy) is 3. The summed E-state index contributed by atoms with van der Waals surface area (Å²) in [5.41, 5.74) is 5.41. The van der Waals surface area contributed by atoms with E-state index in [0.29, 0.717) is 23.9 Å². The van der Waals surface area contributed by atoms with Crippen molar-refractivity contribution in [2.45, 2.75) is 65.4 Å². The maximum atomic E-state index is 12.4. The lowest BCUT2D eigenvalue weighted by Crippen LogP contribution is -2.18. The van der Waals surface area contributed by atoms with Crippen molar-refractivity contribution >= 4 is 28.5 Å². The molecule has 2 heterocycles. The Labute approximate surface area is 212 Å². The van der Waals surface area contributed by atoms with Gasteiger partial charge >= 0.3 is 0 Å². The van der Waals surface area contributed by atoms with Crippen molar-refractivity contribution < 1.29 is 28.9 Å². The molecule has 7 heteroatoms. The number of aliphatic hydroxyl groups is 1. The number of ketones is 1. The molecule has 2 aromatic rings. The van der Waals surface area contributed by atoms with Gasteiger partial charge in [-0.2, -0.15) is 0 Å². The van der Waals surface area contributed by atoms with Gasteiger partial charge in [0.15, 0.2) is 23.6 Å². The smallest absolute Gasteiger partial charge is 0.231 e. The highest BCUT2D eigenvalue weighted by molar-refractivity contribution is 5.96. The van der Waals surface area contributed by atoms with Crippen LogP contribution in [-0.2, 0) is 20.7 Å². The van der Waals surface area contributed by atoms with E-state index in [9.17, 15) is 14.7 Å². The van der Waals surface area contributed by atoms with Crippen LogP contribution >= 0.6 is 0 Å². The Morgan fingerprint density at radius 3 is 2.53 bits per heavy atom. The van der Waals surface area contributed by atoms with Gasteiger partial charge in [-0.25, -0.2) is 4.98 Å². The Morgan fingerprint density at radius 2 is 1.94 bits per heavy atom. The Kier molecular flexibility index (Phi) is 7.91. The first-order chi connectivity index (χ1) is 17.3. The fourth-order valence-corrected chi connectivity index (χ4v) is 4.84. The number of hydrogen-bond acceptors (Lipinski definition) is 7. The maximum Gasteiger partial charge on any atom is 0.231 e. The van der Waals surface area contributed by atoms with Gasteiger partial charge in [-0.1, -0.05) is 26.3 Å². The molecule has 1 saturated carbocycles. The van der Waals surface area contributed by atoms with Crippen LogP contribution in [0.25, 0.3) is 16.5 Å². The minimum atomic E-state index is -1.44. The van der Waals surface area contributed by atoms with Crippen LogP contribution in [0.15, 0.2) is 29.4 Å². The second-order valence-electron chi connectivity index (χ2n) is 9.90. The molecule has 1 aliphatic heterocycles. The predicted molar refractivity (Wildman–Crippen MR) is 138 cm³/mol. The lowest BCUT2D eigenvalue weighted by molar-refractivity contribution is -0.114. The number of hydrogen-bond donors (Lipinski definition) is 1. The molecule has 2 atom stereocenters. The fraction of sp³-hybridized carbons (Fsp3) is 0.483. The van der Waals surface area contributed by atoms with E-state index >= 15 is 0 Å². The first-order valence-electron chi connectivity index (χ1n) is 12.6. The molecule has 0 radical (unpaired) electrons. The summed E-state index contributed by atoms with van der Waals surface area (Å²) in [7, 11) is 1.48. The number of aliphatic hydroxyl groups excluding tert-OH is 1. The van der Waals surface area contributed by atoms with Crippen LogP contribution in [0.5, 0.6) is 11.5 Å². The van der Waals surface area contributed by atoms with E-state index in [2.05, 4.69) is 19.9 Å². The number of Topliss-reactive ketones (excluding diaryl/α,β-unsaturated/α-hetero) is 1. The molecular weight excluding hydrogens is 458 g/mol. The van der Waals surface area contributed by atoms with Gasteiger partial charge in [-0.05, 0) is 73.3 Å². The molecule has 1 aromatic carbocycles. The number of pyridine rings is 1. The van der Waals surface area contributed by atoms with Gasteiger partial charge in [-0.15, -0.1) is 0 Å². The summed E-state index contributed by atoms with van der Waals surface area (Å²) in [5, 5.41) is 11.6. The van der Waals surface area contributed by atoms with Gasteiger partial charge in [0.2, 0.25) is 6.79 Å². The highest BCUT2D eigenvalue weighted by atomic mass is 16.7. The topological polar surface area (TPSA) is 95.0 Å². The van der Waals surface area contributed by atoms with Crippen molar-refractivity contribution in [3.63, 3.8) is 0 Å². The summed E-state index contributed by atoms with van der Waals surface area (Å²) in [5.74, 6) is 2.06. The second kappa shape index (κ2) is 10.9. The second-order valence-corrected chi connectivity index (χ2v) is 9.90. The SMILES string of the molecule is CCC(C)Cc1c(/C(C)=C/C(=C(/COC)C(C)=O)C(O)C=O)nc2cc3c(cc2c1C1CC1)OCO3. The monoisotopic (exact) mass is 493 g/mol. The van der Waals surface area contributed by atoms with Crippen LogP contribution in [0.1, 0.15) is 69.7 Å². The largest absolute Gasteiger partial charge is 0.454 e. The van der Waals surface area contributed by atoms with Crippen LogP contribution in [0.3, 0.4) is 0 Å². The molecule has 4 rings (SSSR count). The highest BCUT2D eigenvalue weighted by Gasteiger charge is 2.32. The van der Waals surface area contributed by atoms with E-state index in [1.807, 2.05) is 13.0 Å². The zero-order valence-electron chi connectivity index (χ0n) is 21.7. The van der Waals surface area contributed by atoms with Crippen LogP contribution in [0.4, 0.5) is 0 Å². The Hall–Kier alpha value is -3.03. The van der Waals surface area contributed by atoms with Gasteiger partial charge in [0, 0.05) is 24.1 Å². The third-order valence-electron chi connectivity index (χ3n) is 7.11. The average molecular weight is 494 g/mol. The number of benzene rings is 1. The zero-order valence-corrected chi connectivity index (χ0v) is 21.7. The average Bonchev–Trinajstić information content (AvgIpc) is 3.60. The van der Waals surface area contributed by atoms with Crippen LogP contribution in [0.2, 0.25) is 0 Å². The van der Waals surface area contributed by atoms with Crippen molar-refractivity contribution in [2.75, 3.05) is 20.5 Å². The van der Waals surface area contributed by atoms with Gasteiger partial charge in [-0.3, -0.25) is 4.79 Å². The Morgan fingerprint density at radius 1 is 1.25 bits per heavy atom. The zero-order chi connectivity index (χ0) is 26.0. The summed E-state index contributed by atoms with van der Waals surface area (Å²) in [6, 6.07) is 3.98. The fourth-order valence-electron chi connectivity index (χ4n) is 4.84. The highest BCUT2D eigenvalue weighted by Crippen LogP contribution is 2.49. The molecule has 0 spiro atoms. The Bertz CT molecular complexity index is 1240. The summed E-state index contributed by atoms with van der Waals surface area (Å²) < 4.78 is 16.5. The Balaban J connectivity index is 1.98. The standard InChI is InChI=1S/C29H35NO6/c1-6-16(2)9-22-28(19-7-8-19)21-11-26-27(36-15-35-26)12-24(21)30-29(22)17(3)10-20(25(33)13-31)23(14-34-5)18(4)32/h10-13,16,19,25,33H,6-9,14-15H2,1-5H3/b17-10+,23-20+. The number of carbonyl (C=O) groups is 2. The number of aldehydes is 1. The lowest BCUT2D eigenvalue weighted by atomic mass is 9.87. The van der Waals surface area contributed by atoms with E-state index < -0.39 is 6.10 Å². The van der Waals surface area contributed by atoms with E-state index in [4.69, 9.17) is 19.2 Å². The quantitative estimate of drug-likeness (QED) is 0.270. The van der Waals surface area contributed by atoms with Crippen molar-refractivity contribution in [2.24, 2.45) is 5.92 Å². The minimum absolute atomic E-state index is 0.00101. The number of carbonyl (C=O) groups excluding carboxylic acids is 2. The van der Waals surface area contributed by atoms with Gasteiger partial charge < -0.3 is 24.1 Å². The molecule has 0 amide bonds. The van der Waals surface area contributed by atoms with Crippen LogP contribution < -0.4 is 9.47 Å². The number of nitrogens with zero attached hydrogens (tertiary/aromatic N) is 1. The van der Waals surface area contributed by atoms with Crippen molar-refractivity contribution in [3.8, 4) is 11.5 Å². The molecular formula is C29H35NO6. The van der Waals surface area contributed by atoms with Gasteiger partial charge in [0.1, 0.15) is 6.10 Å². The molecule has 1 aromatic heterocycles. The lowest BCUT2D eigenvalue weighted by Gasteiger charge is -2.21. The number of allylic oxidation sites excluding steroid dienone is 1. The van der Waals surface area contributed by atoms with Crippen LogP contribution in [-0.4, -0.2) is 48.8 Å². The minimum Gasteiger partial charge on any atom is -0.454 e. The first kappa shape index (κ1) is 26.0. The first-order valence-corrected chi connectivity index (χ1v) is 12.6. The molecule has 192 valence electrons. The third kappa shape index (κ3) is 5.22. The molecule has 2 aliphatic rings. The molecule has 0 bridgehead atoms. The van der Waals surface area contributed by atoms with Crippen LogP contribution in [0, 0.1) is 5.92 Å². The molecule has 7 nitrogen and oxygen atoms in total. The van der Waals surface area contributed by atoms with E-state index in [-0.39, 0.29) is 30.3 Å². The predicted octanol–water partition coefficient (Wildman–Crippen LogP) is 4.92. The molecule has 36 heavy (non-hydrogen) atoms. The molecule has 1 aliphatic carbocycles. The van der Waals surface area contributed by atoms with Gasteiger partial charge in [0.05, 0.1) is 17.8 Å². The molecule has 1 fully saturated rings. The summed E-state index contributed by atoms with van der Waals surface area (Å²) in [4.78, 5) is 29.0. The van der Waals surface area contributed by atoms with Crippen molar-refractivity contribution in [1.82, 2.24) is 4.98 Å². The van der Waals surface area contributed by atoms with Gasteiger partial charge in [0.25, 0.3) is 0 Å². The number of methoxy groups -OCH3 is 1. The van der Waals surface area contributed by atoms with E-state index in [1.165, 1.54) is 25.2 Å². The number of rotatable bonds is 11. The number of aromatic nitrogens is 1. The van der Waals surface area contributed by atoms with E-state index in [0.717, 1.165) is 53.6 Å². The number of fused-ring (bicyclic) bond motifs is 2. The molecule has 0 saturated heterocycles. The summed E-state index contributed by atoms with van der Waals surface area (Å²) in [6.45, 7) is 7.94. The third-order valence-corrected chi connectivity index (χ3v) is 7.11. The van der Waals surface area contributed by atoms with E-state index in [1.54, 1.807) is 6.08 Å². The molecule has 2 unspecified atom stereocenters. The summed E-state index contributed by atoms with van der Waals surface area (Å²) >= 11 is 0. The van der Waals surface area contributed by atoms with Crippen molar-refractivity contribution in [1.29, 1.82) is 0 Å². The normalized spacial score (nSPS) is 17.7. The summed E-state index contributed by atoms with van der Waals surface area (Å²) in [6.07, 6.45) is 4.84.